The first-order valence-corrected chi connectivity index (χ1v) is 7.82. The first-order valence-electron chi connectivity index (χ1n) is 7.82. The van der Waals surface area contributed by atoms with E-state index in [0.717, 1.165) is 5.56 Å². The van der Waals surface area contributed by atoms with Gasteiger partial charge in [0.05, 0.1) is 31.0 Å². The maximum atomic E-state index is 13.7. The fourth-order valence-electron chi connectivity index (χ4n) is 2.70. The first-order chi connectivity index (χ1) is 12.4. The Balaban J connectivity index is 2.27. The van der Waals surface area contributed by atoms with Crippen molar-refractivity contribution in [1.29, 1.82) is 0 Å². The van der Waals surface area contributed by atoms with Crippen molar-refractivity contribution < 1.29 is 18.7 Å². The molecule has 6 nitrogen and oxygen atoms in total. The second-order valence-electron chi connectivity index (χ2n) is 5.72. The van der Waals surface area contributed by atoms with Crippen LogP contribution in [0.3, 0.4) is 0 Å². The SMILES string of the molecule is COc1cc2ncc(C(N)=O)c(Nc3cc(F)ccc3C)c2cc1OC. The zero-order chi connectivity index (χ0) is 18.8. The lowest BCUT2D eigenvalue weighted by atomic mass is 10.1. The van der Waals surface area contributed by atoms with Crippen LogP contribution in [0, 0.1) is 12.7 Å². The number of amides is 1. The molecule has 3 N–H and O–H groups in total. The van der Waals surface area contributed by atoms with Gasteiger partial charge < -0.3 is 20.5 Å². The van der Waals surface area contributed by atoms with Gasteiger partial charge >= 0.3 is 0 Å². The van der Waals surface area contributed by atoms with Crippen LogP contribution in [-0.4, -0.2) is 25.1 Å². The fraction of sp³-hybridized carbons (Fsp3) is 0.158. The molecule has 0 atom stereocenters. The normalized spacial score (nSPS) is 10.6. The predicted molar refractivity (Wildman–Crippen MR) is 97.8 cm³/mol. The maximum absolute atomic E-state index is 13.7. The van der Waals surface area contributed by atoms with Gasteiger partial charge in [0.25, 0.3) is 5.91 Å². The number of halogens is 1. The Morgan fingerprint density at radius 1 is 1.15 bits per heavy atom. The van der Waals surface area contributed by atoms with Gasteiger partial charge in [0.15, 0.2) is 11.5 Å². The van der Waals surface area contributed by atoms with Gasteiger partial charge in [-0.2, -0.15) is 0 Å². The molecule has 3 rings (SSSR count). The molecule has 3 aromatic rings. The van der Waals surface area contributed by atoms with Crippen molar-refractivity contribution in [2.24, 2.45) is 5.73 Å². The second kappa shape index (κ2) is 6.87. The summed E-state index contributed by atoms with van der Waals surface area (Å²) in [4.78, 5) is 16.2. The van der Waals surface area contributed by atoms with Gasteiger partial charge in [-0.3, -0.25) is 9.78 Å². The van der Waals surface area contributed by atoms with E-state index in [4.69, 9.17) is 15.2 Å². The number of pyridine rings is 1. The number of anilines is 2. The number of hydrogen-bond acceptors (Lipinski definition) is 5. The van der Waals surface area contributed by atoms with Crippen LogP contribution < -0.4 is 20.5 Å². The Hall–Kier alpha value is -3.35. The summed E-state index contributed by atoms with van der Waals surface area (Å²) in [6, 6.07) is 7.77. The van der Waals surface area contributed by atoms with Crippen LogP contribution >= 0.6 is 0 Å². The molecule has 1 aromatic heterocycles. The van der Waals surface area contributed by atoms with Crippen molar-refractivity contribution in [2.75, 3.05) is 19.5 Å². The Morgan fingerprint density at radius 2 is 1.85 bits per heavy atom. The number of nitrogens with one attached hydrogen (secondary N) is 1. The molecular formula is C19H18FN3O3. The number of ether oxygens (including phenoxy) is 2. The number of benzene rings is 2. The number of carbonyl (C=O) groups excluding carboxylic acids is 1. The van der Waals surface area contributed by atoms with E-state index in [-0.39, 0.29) is 5.56 Å². The van der Waals surface area contributed by atoms with Gasteiger partial charge in [0.2, 0.25) is 0 Å². The number of rotatable bonds is 5. The zero-order valence-corrected chi connectivity index (χ0v) is 14.6. The average molecular weight is 355 g/mol. The summed E-state index contributed by atoms with van der Waals surface area (Å²) < 4.78 is 24.3. The molecule has 0 saturated heterocycles. The lowest BCUT2D eigenvalue weighted by molar-refractivity contribution is 0.100. The minimum Gasteiger partial charge on any atom is -0.493 e. The quantitative estimate of drug-likeness (QED) is 0.731. The third-order valence-corrected chi connectivity index (χ3v) is 4.10. The number of carbonyl (C=O) groups is 1. The van der Waals surface area contributed by atoms with Gasteiger partial charge in [-0.05, 0) is 30.7 Å². The molecule has 0 radical (unpaired) electrons. The fourth-order valence-corrected chi connectivity index (χ4v) is 2.70. The zero-order valence-electron chi connectivity index (χ0n) is 14.6. The van der Waals surface area contributed by atoms with Crippen molar-refractivity contribution in [1.82, 2.24) is 4.98 Å². The molecule has 0 aliphatic heterocycles. The van der Waals surface area contributed by atoms with E-state index < -0.39 is 11.7 Å². The number of fused-ring (bicyclic) bond motifs is 1. The van der Waals surface area contributed by atoms with E-state index in [1.54, 1.807) is 18.2 Å². The highest BCUT2D eigenvalue weighted by atomic mass is 19.1. The molecule has 2 aromatic carbocycles. The number of nitrogens with zero attached hydrogens (tertiary/aromatic N) is 1. The molecule has 0 aliphatic carbocycles. The van der Waals surface area contributed by atoms with Crippen LogP contribution in [0.15, 0.2) is 36.5 Å². The highest BCUT2D eigenvalue weighted by Crippen LogP contribution is 2.37. The second-order valence-corrected chi connectivity index (χ2v) is 5.72. The third kappa shape index (κ3) is 3.11. The molecule has 1 amide bonds. The lowest BCUT2D eigenvalue weighted by Crippen LogP contribution is -2.14. The summed E-state index contributed by atoms with van der Waals surface area (Å²) in [7, 11) is 3.04. The smallest absolute Gasteiger partial charge is 0.252 e. The number of hydrogen-bond donors (Lipinski definition) is 2. The minimum atomic E-state index is -0.647. The molecule has 0 spiro atoms. The minimum absolute atomic E-state index is 0.188. The van der Waals surface area contributed by atoms with E-state index in [1.807, 2.05) is 6.92 Å². The summed E-state index contributed by atoms with van der Waals surface area (Å²) in [6.45, 7) is 1.83. The van der Waals surface area contributed by atoms with Crippen molar-refractivity contribution in [3.63, 3.8) is 0 Å². The largest absolute Gasteiger partial charge is 0.493 e. The van der Waals surface area contributed by atoms with Crippen LogP contribution in [0.1, 0.15) is 15.9 Å². The molecule has 0 fully saturated rings. The van der Waals surface area contributed by atoms with Gasteiger partial charge in [0.1, 0.15) is 5.82 Å². The molecule has 0 unspecified atom stereocenters. The predicted octanol–water partition coefficient (Wildman–Crippen LogP) is 3.54. The molecule has 0 aliphatic rings. The van der Waals surface area contributed by atoms with Crippen molar-refractivity contribution in [3.05, 3.63) is 53.5 Å². The summed E-state index contributed by atoms with van der Waals surface area (Å²) in [5.74, 6) is -0.0586. The van der Waals surface area contributed by atoms with E-state index in [0.29, 0.717) is 33.8 Å². The third-order valence-electron chi connectivity index (χ3n) is 4.10. The summed E-state index contributed by atoms with van der Waals surface area (Å²) in [5, 5.41) is 3.72. The Morgan fingerprint density at radius 3 is 2.50 bits per heavy atom. The molecule has 7 heteroatoms. The molecule has 0 saturated carbocycles. The Kier molecular flexibility index (Phi) is 4.62. The summed E-state index contributed by atoms with van der Waals surface area (Å²) in [6.07, 6.45) is 1.38. The first kappa shape index (κ1) is 17.5. The average Bonchev–Trinajstić information content (AvgIpc) is 2.63. The van der Waals surface area contributed by atoms with E-state index in [1.165, 1.54) is 32.5 Å². The Labute approximate surface area is 149 Å². The molecule has 26 heavy (non-hydrogen) atoms. The molecule has 1 heterocycles. The lowest BCUT2D eigenvalue weighted by Gasteiger charge is -2.16. The number of nitrogens with two attached hydrogens (primary N) is 1. The van der Waals surface area contributed by atoms with Gasteiger partial charge in [-0.15, -0.1) is 0 Å². The van der Waals surface area contributed by atoms with E-state index in [2.05, 4.69) is 10.3 Å². The van der Waals surface area contributed by atoms with E-state index >= 15 is 0 Å². The van der Waals surface area contributed by atoms with E-state index in [9.17, 15) is 9.18 Å². The van der Waals surface area contributed by atoms with Crippen LogP contribution in [0.4, 0.5) is 15.8 Å². The number of primary amides is 1. The van der Waals surface area contributed by atoms with Gasteiger partial charge in [-0.25, -0.2) is 4.39 Å². The van der Waals surface area contributed by atoms with Crippen LogP contribution in [-0.2, 0) is 0 Å². The standard InChI is InChI=1S/C19H18FN3O3/c1-10-4-5-11(20)6-14(10)23-18-12-7-16(25-2)17(26-3)8-15(12)22-9-13(18)19(21)24/h4-9H,1-3H3,(H2,21,24)(H,22,23). The van der Waals surface area contributed by atoms with Gasteiger partial charge in [-0.1, -0.05) is 6.07 Å². The van der Waals surface area contributed by atoms with Crippen LogP contribution in [0.2, 0.25) is 0 Å². The maximum Gasteiger partial charge on any atom is 0.252 e. The van der Waals surface area contributed by atoms with Gasteiger partial charge in [0, 0.05) is 23.3 Å². The van der Waals surface area contributed by atoms with Crippen LogP contribution in [0.25, 0.3) is 10.9 Å². The highest BCUT2D eigenvalue weighted by molar-refractivity contribution is 6.08. The summed E-state index contributed by atoms with van der Waals surface area (Å²) in [5.41, 5.74) is 8.03. The van der Waals surface area contributed by atoms with Crippen molar-refractivity contribution in [2.45, 2.75) is 6.92 Å². The molecular weight excluding hydrogens is 337 g/mol. The Bertz CT molecular complexity index is 1000. The summed E-state index contributed by atoms with van der Waals surface area (Å²) >= 11 is 0. The monoisotopic (exact) mass is 355 g/mol. The molecule has 134 valence electrons. The van der Waals surface area contributed by atoms with Crippen LogP contribution in [0.5, 0.6) is 11.5 Å². The number of methoxy groups -OCH3 is 2. The van der Waals surface area contributed by atoms with Crippen molar-refractivity contribution in [3.8, 4) is 11.5 Å². The number of aryl methyl sites for hydroxylation is 1. The topological polar surface area (TPSA) is 86.5 Å². The number of aromatic nitrogens is 1. The van der Waals surface area contributed by atoms with Crippen molar-refractivity contribution >= 4 is 28.2 Å². The molecule has 0 bridgehead atoms. The highest BCUT2D eigenvalue weighted by Gasteiger charge is 2.17.